The summed E-state index contributed by atoms with van der Waals surface area (Å²) >= 11 is 1.56. The summed E-state index contributed by atoms with van der Waals surface area (Å²) in [5.74, 6) is 0.158. The normalized spacial score (nSPS) is 15.2. The van der Waals surface area contributed by atoms with Crippen molar-refractivity contribution in [2.24, 2.45) is 0 Å². The first-order valence-electron chi connectivity index (χ1n) is 6.97. The maximum absolute atomic E-state index is 11.3. The molecule has 6 heteroatoms. The van der Waals surface area contributed by atoms with E-state index in [-0.39, 0.29) is 11.2 Å². The minimum absolute atomic E-state index is 0.168. The molecule has 1 aliphatic rings. The van der Waals surface area contributed by atoms with E-state index in [0.717, 1.165) is 16.3 Å². The van der Waals surface area contributed by atoms with Crippen LogP contribution < -0.4 is 9.47 Å². The molecule has 0 unspecified atom stereocenters. The van der Waals surface area contributed by atoms with Crippen LogP contribution in [0.3, 0.4) is 0 Å². The Morgan fingerprint density at radius 1 is 1.50 bits per heavy atom. The van der Waals surface area contributed by atoms with Crippen LogP contribution in [-0.4, -0.2) is 21.7 Å². The molecular formula is C16H17NO4S. The van der Waals surface area contributed by atoms with Crippen LogP contribution in [0.2, 0.25) is 0 Å². The van der Waals surface area contributed by atoms with Gasteiger partial charge in [-0.25, -0.2) is 9.78 Å². The number of nitrogens with zero attached hydrogens (tertiary/aromatic N) is 1. The van der Waals surface area contributed by atoms with Crippen LogP contribution >= 0.6 is 11.3 Å². The second-order valence-electron chi connectivity index (χ2n) is 5.94. The van der Waals surface area contributed by atoms with Gasteiger partial charge < -0.3 is 14.6 Å². The van der Waals surface area contributed by atoms with E-state index in [2.05, 4.69) is 4.98 Å². The maximum atomic E-state index is 11.3. The van der Waals surface area contributed by atoms with Crippen molar-refractivity contribution in [2.45, 2.75) is 39.4 Å². The zero-order chi connectivity index (χ0) is 15.9. The highest BCUT2D eigenvalue weighted by molar-refractivity contribution is 7.09. The summed E-state index contributed by atoms with van der Waals surface area (Å²) in [7, 11) is 0. The molecule has 0 aliphatic carbocycles. The first-order chi connectivity index (χ1) is 10.3. The third kappa shape index (κ3) is 2.92. The molecule has 2 heterocycles. The van der Waals surface area contributed by atoms with Crippen molar-refractivity contribution in [3.8, 4) is 11.5 Å². The molecule has 1 N–H and O–H groups in total. The second-order valence-corrected chi connectivity index (χ2v) is 7.00. The molecule has 0 bridgehead atoms. The number of hydrogen-bond acceptors (Lipinski definition) is 5. The summed E-state index contributed by atoms with van der Waals surface area (Å²) in [6.07, 6.45) is 0.688. The van der Waals surface area contributed by atoms with Gasteiger partial charge in [-0.3, -0.25) is 0 Å². The lowest BCUT2D eigenvalue weighted by atomic mass is 10.00. The Labute approximate surface area is 132 Å². The molecule has 1 aromatic carbocycles. The standard InChI is InChI=1S/C16H17NO4S/c1-9-17-11(8-22-9)7-20-13-4-10(15(18)19)5-14-12(13)6-16(2,3)21-14/h4-5,8H,6-7H2,1-3H3,(H,18,19). The largest absolute Gasteiger partial charge is 0.487 e. The number of aryl methyl sites for hydroxylation is 1. The SMILES string of the molecule is Cc1nc(COc2cc(C(=O)O)cc3c2CC(C)(C)O3)cs1. The molecule has 1 aromatic heterocycles. The first-order valence-corrected chi connectivity index (χ1v) is 7.85. The highest BCUT2D eigenvalue weighted by atomic mass is 32.1. The van der Waals surface area contributed by atoms with Gasteiger partial charge >= 0.3 is 5.97 Å². The van der Waals surface area contributed by atoms with Crippen molar-refractivity contribution in [3.63, 3.8) is 0 Å². The predicted octanol–water partition coefficient (Wildman–Crippen LogP) is 3.44. The lowest BCUT2D eigenvalue weighted by molar-refractivity contribution is 0.0695. The fourth-order valence-electron chi connectivity index (χ4n) is 2.52. The fourth-order valence-corrected chi connectivity index (χ4v) is 3.12. The van der Waals surface area contributed by atoms with E-state index >= 15 is 0 Å². The summed E-state index contributed by atoms with van der Waals surface area (Å²) in [6, 6.07) is 3.12. The molecule has 0 atom stereocenters. The molecule has 3 rings (SSSR count). The van der Waals surface area contributed by atoms with Crippen LogP contribution in [0.5, 0.6) is 11.5 Å². The summed E-state index contributed by atoms with van der Waals surface area (Å²) < 4.78 is 11.7. The molecule has 0 amide bonds. The summed E-state index contributed by atoms with van der Waals surface area (Å²) in [5, 5.41) is 12.2. The summed E-state index contributed by atoms with van der Waals surface area (Å²) in [6.45, 7) is 6.20. The van der Waals surface area contributed by atoms with Crippen LogP contribution in [0, 0.1) is 6.92 Å². The number of ether oxygens (including phenoxy) is 2. The Kier molecular flexibility index (Phi) is 3.56. The van der Waals surface area contributed by atoms with E-state index in [1.54, 1.807) is 23.5 Å². The Hall–Kier alpha value is -2.08. The van der Waals surface area contributed by atoms with Gasteiger partial charge in [0.2, 0.25) is 0 Å². The van der Waals surface area contributed by atoms with Crippen LogP contribution in [0.4, 0.5) is 0 Å². The van der Waals surface area contributed by atoms with E-state index in [0.29, 0.717) is 24.5 Å². The first kappa shape index (κ1) is 14.8. The number of benzene rings is 1. The van der Waals surface area contributed by atoms with Gasteiger partial charge in [0.1, 0.15) is 23.7 Å². The number of carboxylic acids is 1. The molecular weight excluding hydrogens is 302 g/mol. The lowest BCUT2D eigenvalue weighted by Crippen LogP contribution is -2.24. The van der Waals surface area contributed by atoms with Crippen molar-refractivity contribution in [3.05, 3.63) is 39.3 Å². The monoisotopic (exact) mass is 319 g/mol. The Balaban J connectivity index is 1.91. The van der Waals surface area contributed by atoms with Crippen molar-refractivity contribution < 1.29 is 19.4 Å². The third-order valence-corrected chi connectivity index (χ3v) is 4.27. The van der Waals surface area contributed by atoms with Gasteiger partial charge in [-0.15, -0.1) is 11.3 Å². The number of carbonyl (C=O) groups is 1. The van der Waals surface area contributed by atoms with Gasteiger partial charge in [0, 0.05) is 17.4 Å². The van der Waals surface area contributed by atoms with Gasteiger partial charge in [0.15, 0.2) is 0 Å². The smallest absolute Gasteiger partial charge is 0.335 e. The van der Waals surface area contributed by atoms with Gasteiger partial charge in [0.25, 0.3) is 0 Å². The average Bonchev–Trinajstić information content (AvgIpc) is 2.97. The summed E-state index contributed by atoms with van der Waals surface area (Å²) in [4.78, 5) is 15.6. The van der Waals surface area contributed by atoms with Crippen molar-refractivity contribution in [1.82, 2.24) is 4.98 Å². The molecule has 0 radical (unpaired) electrons. The van der Waals surface area contributed by atoms with Gasteiger partial charge in [-0.2, -0.15) is 0 Å². The zero-order valence-corrected chi connectivity index (χ0v) is 13.5. The Morgan fingerprint density at radius 2 is 2.27 bits per heavy atom. The minimum Gasteiger partial charge on any atom is -0.487 e. The molecule has 1 aliphatic heterocycles. The van der Waals surface area contributed by atoms with E-state index < -0.39 is 5.97 Å². The topological polar surface area (TPSA) is 68.7 Å². The minimum atomic E-state index is -0.995. The van der Waals surface area contributed by atoms with Crippen molar-refractivity contribution in [1.29, 1.82) is 0 Å². The number of aromatic carboxylic acids is 1. The molecule has 0 spiro atoms. The number of fused-ring (bicyclic) bond motifs is 1. The zero-order valence-electron chi connectivity index (χ0n) is 12.7. The number of thiazole rings is 1. The van der Waals surface area contributed by atoms with Gasteiger partial charge in [0.05, 0.1) is 16.3 Å². The van der Waals surface area contributed by atoms with Crippen LogP contribution in [-0.2, 0) is 13.0 Å². The highest BCUT2D eigenvalue weighted by Gasteiger charge is 2.33. The number of hydrogen-bond donors (Lipinski definition) is 1. The number of rotatable bonds is 4. The fraction of sp³-hybridized carbons (Fsp3) is 0.375. The van der Waals surface area contributed by atoms with Gasteiger partial charge in [-0.1, -0.05) is 0 Å². The lowest BCUT2D eigenvalue weighted by Gasteiger charge is -2.16. The maximum Gasteiger partial charge on any atom is 0.335 e. The van der Waals surface area contributed by atoms with E-state index in [4.69, 9.17) is 9.47 Å². The average molecular weight is 319 g/mol. The Morgan fingerprint density at radius 3 is 2.91 bits per heavy atom. The predicted molar refractivity (Wildman–Crippen MR) is 83.0 cm³/mol. The third-order valence-electron chi connectivity index (χ3n) is 3.45. The summed E-state index contributed by atoms with van der Waals surface area (Å²) in [5.41, 5.74) is 1.58. The Bertz CT molecular complexity index is 736. The molecule has 0 saturated heterocycles. The van der Waals surface area contributed by atoms with E-state index in [9.17, 15) is 9.90 Å². The van der Waals surface area contributed by atoms with E-state index in [1.165, 1.54) is 0 Å². The second kappa shape index (κ2) is 5.28. The molecule has 2 aromatic rings. The quantitative estimate of drug-likeness (QED) is 0.935. The van der Waals surface area contributed by atoms with E-state index in [1.807, 2.05) is 26.2 Å². The van der Waals surface area contributed by atoms with Crippen LogP contribution in [0.1, 0.15) is 40.5 Å². The van der Waals surface area contributed by atoms with Crippen molar-refractivity contribution >= 4 is 17.3 Å². The van der Waals surface area contributed by atoms with Crippen LogP contribution in [0.15, 0.2) is 17.5 Å². The number of aromatic nitrogens is 1. The molecule has 22 heavy (non-hydrogen) atoms. The molecule has 5 nitrogen and oxygen atoms in total. The molecule has 0 fully saturated rings. The molecule has 116 valence electrons. The van der Waals surface area contributed by atoms with Gasteiger partial charge in [-0.05, 0) is 32.9 Å². The van der Waals surface area contributed by atoms with Crippen LogP contribution in [0.25, 0.3) is 0 Å². The van der Waals surface area contributed by atoms with Crippen molar-refractivity contribution in [2.75, 3.05) is 0 Å². The molecule has 0 saturated carbocycles. The number of carboxylic acid groups (broad SMARTS) is 1. The highest BCUT2D eigenvalue weighted by Crippen LogP contribution is 2.41.